The molecule has 27 heavy (non-hydrogen) atoms. The van der Waals surface area contributed by atoms with E-state index in [1.165, 1.54) is 0 Å². The van der Waals surface area contributed by atoms with Crippen LogP contribution in [0.3, 0.4) is 0 Å². The maximum Gasteiger partial charge on any atom is 0.251 e. The van der Waals surface area contributed by atoms with Crippen molar-refractivity contribution in [3.05, 3.63) is 60.2 Å². The second-order valence-corrected chi connectivity index (χ2v) is 6.91. The molecule has 0 atom stereocenters. The molecule has 1 amide bonds. The van der Waals surface area contributed by atoms with Crippen LogP contribution in [0.2, 0.25) is 0 Å². The lowest BCUT2D eigenvalue weighted by Crippen LogP contribution is -2.39. The molecule has 0 unspecified atom stereocenters. The Balaban J connectivity index is 1.33. The Morgan fingerprint density at radius 1 is 1.00 bits per heavy atom. The quantitative estimate of drug-likeness (QED) is 0.769. The number of nitrogens with one attached hydrogen (secondary N) is 1. The SMILES string of the molecule is Cc1ncccc1OC1CCC(NC(=O)c2ccc3nccnc3c2)CC1. The second-order valence-electron chi connectivity index (χ2n) is 6.91. The van der Waals surface area contributed by atoms with Crippen molar-refractivity contribution >= 4 is 16.9 Å². The molecule has 1 aliphatic rings. The number of rotatable bonds is 4. The predicted molar refractivity (Wildman–Crippen MR) is 103 cm³/mol. The number of ether oxygens (including phenoxy) is 1. The Hall–Kier alpha value is -3.02. The Bertz CT molecular complexity index is 952. The zero-order valence-electron chi connectivity index (χ0n) is 15.3. The van der Waals surface area contributed by atoms with Gasteiger partial charge in [-0.25, -0.2) is 0 Å². The van der Waals surface area contributed by atoms with Crippen LogP contribution in [-0.2, 0) is 0 Å². The fraction of sp³-hybridized carbons (Fsp3) is 0.333. The van der Waals surface area contributed by atoms with Crippen molar-refractivity contribution in [3.8, 4) is 5.75 Å². The van der Waals surface area contributed by atoms with Crippen molar-refractivity contribution in [1.82, 2.24) is 20.3 Å². The molecule has 2 heterocycles. The monoisotopic (exact) mass is 362 g/mol. The number of nitrogens with zero attached hydrogens (tertiary/aromatic N) is 3. The molecule has 138 valence electrons. The first kappa shape index (κ1) is 17.4. The van der Waals surface area contributed by atoms with E-state index < -0.39 is 0 Å². The normalized spacial score (nSPS) is 19.6. The third kappa shape index (κ3) is 4.05. The van der Waals surface area contributed by atoms with Crippen molar-refractivity contribution < 1.29 is 9.53 Å². The smallest absolute Gasteiger partial charge is 0.251 e. The molecule has 6 heteroatoms. The molecular formula is C21H22N4O2. The van der Waals surface area contributed by atoms with Crippen LogP contribution in [0.5, 0.6) is 5.75 Å². The van der Waals surface area contributed by atoms with Crippen molar-refractivity contribution in [3.63, 3.8) is 0 Å². The van der Waals surface area contributed by atoms with Gasteiger partial charge in [0.25, 0.3) is 5.91 Å². The van der Waals surface area contributed by atoms with E-state index in [1.807, 2.05) is 25.1 Å². The Kier molecular flexibility index (Phi) is 4.96. The molecule has 1 fully saturated rings. The van der Waals surface area contributed by atoms with E-state index >= 15 is 0 Å². The number of fused-ring (bicyclic) bond motifs is 1. The molecular weight excluding hydrogens is 340 g/mol. The van der Waals surface area contributed by atoms with Gasteiger partial charge in [0, 0.05) is 30.2 Å². The van der Waals surface area contributed by atoms with Gasteiger partial charge in [0.1, 0.15) is 5.75 Å². The summed E-state index contributed by atoms with van der Waals surface area (Å²) in [6, 6.07) is 9.44. The maximum absolute atomic E-state index is 12.6. The van der Waals surface area contributed by atoms with Crippen LogP contribution in [-0.4, -0.2) is 33.0 Å². The Morgan fingerprint density at radius 3 is 2.56 bits per heavy atom. The highest BCUT2D eigenvalue weighted by Crippen LogP contribution is 2.25. The van der Waals surface area contributed by atoms with E-state index in [0.29, 0.717) is 5.56 Å². The summed E-state index contributed by atoms with van der Waals surface area (Å²) >= 11 is 0. The lowest BCUT2D eigenvalue weighted by atomic mass is 9.92. The number of benzene rings is 1. The van der Waals surface area contributed by atoms with Gasteiger partial charge < -0.3 is 10.1 Å². The van der Waals surface area contributed by atoms with Gasteiger partial charge in [-0.15, -0.1) is 0 Å². The molecule has 0 radical (unpaired) electrons. The molecule has 1 aliphatic carbocycles. The molecule has 0 spiro atoms. The first-order chi connectivity index (χ1) is 13.2. The van der Waals surface area contributed by atoms with Crippen LogP contribution in [0.25, 0.3) is 11.0 Å². The summed E-state index contributed by atoms with van der Waals surface area (Å²) in [5.74, 6) is 0.789. The van der Waals surface area contributed by atoms with Crippen LogP contribution >= 0.6 is 0 Å². The summed E-state index contributed by atoms with van der Waals surface area (Å²) < 4.78 is 6.08. The zero-order chi connectivity index (χ0) is 18.6. The standard InChI is InChI=1S/C21H22N4O2/c1-14-20(3-2-10-22-14)27-17-7-5-16(6-8-17)25-21(26)15-4-9-18-19(13-15)24-12-11-23-18/h2-4,9-13,16-17H,5-8H2,1H3,(H,25,26). The average Bonchev–Trinajstić information content (AvgIpc) is 2.71. The zero-order valence-corrected chi connectivity index (χ0v) is 15.3. The average molecular weight is 362 g/mol. The summed E-state index contributed by atoms with van der Waals surface area (Å²) in [5.41, 5.74) is 3.05. The summed E-state index contributed by atoms with van der Waals surface area (Å²) in [6.45, 7) is 1.95. The molecule has 1 aromatic carbocycles. The highest BCUT2D eigenvalue weighted by molar-refractivity contribution is 5.97. The predicted octanol–water partition coefficient (Wildman–Crippen LogP) is 3.45. The summed E-state index contributed by atoms with van der Waals surface area (Å²) in [5, 5.41) is 3.14. The number of amides is 1. The van der Waals surface area contributed by atoms with Gasteiger partial charge in [-0.05, 0) is 62.9 Å². The van der Waals surface area contributed by atoms with Gasteiger partial charge in [0.15, 0.2) is 0 Å². The number of pyridine rings is 1. The van der Waals surface area contributed by atoms with Gasteiger partial charge in [-0.1, -0.05) is 0 Å². The first-order valence-corrected chi connectivity index (χ1v) is 9.29. The molecule has 4 rings (SSSR count). The number of aryl methyl sites for hydroxylation is 1. The third-order valence-electron chi connectivity index (χ3n) is 4.99. The fourth-order valence-corrected chi connectivity index (χ4v) is 3.47. The first-order valence-electron chi connectivity index (χ1n) is 9.29. The van der Waals surface area contributed by atoms with Gasteiger partial charge in [-0.3, -0.25) is 19.7 Å². The van der Waals surface area contributed by atoms with Gasteiger partial charge in [-0.2, -0.15) is 0 Å². The number of carbonyl (C=O) groups is 1. The molecule has 0 bridgehead atoms. The summed E-state index contributed by atoms with van der Waals surface area (Å²) in [7, 11) is 0. The lowest BCUT2D eigenvalue weighted by molar-refractivity contribution is 0.0893. The van der Waals surface area contributed by atoms with E-state index in [2.05, 4.69) is 20.3 Å². The van der Waals surface area contributed by atoms with Gasteiger partial charge in [0.2, 0.25) is 0 Å². The molecule has 0 saturated heterocycles. The minimum atomic E-state index is -0.0602. The topological polar surface area (TPSA) is 77.0 Å². The third-order valence-corrected chi connectivity index (χ3v) is 4.99. The highest BCUT2D eigenvalue weighted by atomic mass is 16.5. The largest absolute Gasteiger partial charge is 0.489 e. The van der Waals surface area contributed by atoms with E-state index in [0.717, 1.165) is 48.2 Å². The highest BCUT2D eigenvalue weighted by Gasteiger charge is 2.24. The van der Waals surface area contributed by atoms with Crippen molar-refractivity contribution in [2.45, 2.75) is 44.8 Å². The van der Waals surface area contributed by atoms with Crippen LogP contribution in [0.15, 0.2) is 48.9 Å². The molecule has 1 N–H and O–H groups in total. The van der Waals surface area contributed by atoms with E-state index in [1.54, 1.807) is 30.7 Å². The van der Waals surface area contributed by atoms with Crippen molar-refractivity contribution in [2.75, 3.05) is 0 Å². The number of hydrogen-bond acceptors (Lipinski definition) is 5. The van der Waals surface area contributed by atoms with Crippen LogP contribution in [0, 0.1) is 6.92 Å². The van der Waals surface area contributed by atoms with Crippen molar-refractivity contribution in [1.29, 1.82) is 0 Å². The number of carbonyl (C=O) groups excluding carboxylic acids is 1. The maximum atomic E-state index is 12.6. The van der Waals surface area contributed by atoms with Gasteiger partial charge in [0.05, 0.1) is 22.8 Å². The van der Waals surface area contributed by atoms with Crippen LogP contribution in [0.4, 0.5) is 0 Å². The summed E-state index contributed by atoms with van der Waals surface area (Å²) in [4.78, 5) is 25.3. The molecule has 3 aromatic rings. The Morgan fingerprint density at radius 2 is 1.78 bits per heavy atom. The van der Waals surface area contributed by atoms with E-state index in [4.69, 9.17) is 4.74 Å². The van der Waals surface area contributed by atoms with Crippen molar-refractivity contribution in [2.24, 2.45) is 0 Å². The van der Waals surface area contributed by atoms with Gasteiger partial charge >= 0.3 is 0 Å². The van der Waals surface area contributed by atoms with Crippen LogP contribution in [0.1, 0.15) is 41.7 Å². The van der Waals surface area contributed by atoms with Crippen LogP contribution < -0.4 is 10.1 Å². The minimum absolute atomic E-state index is 0.0602. The molecule has 2 aromatic heterocycles. The Labute approximate surface area is 158 Å². The van der Waals surface area contributed by atoms with E-state index in [-0.39, 0.29) is 18.1 Å². The summed E-state index contributed by atoms with van der Waals surface area (Å²) in [6.07, 6.45) is 8.88. The number of aromatic nitrogens is 3. The molecule has 0 aliphatic heterocycles. The lowest BCUT2D eigenvalue weighted by Gasteiger charge is -2.29. The van der Waals surface area contributed by atoms with E-state index in [9.17, 15) is 4.79 Å². The number of hydrogen-bond donors (Lipinski definition) is 1. The second kappa shape index (κ2) is 7.70. The molecule has 6 nitrogen and oxygen atoms in total. The fourth-order valence-electron chi connectivity index (χ4n) is 3.47. The molecule has 1 saturated carbocycles. The minimum Gasteiger partial charge on any atom is -0.489 e.